The summed E-state index contributed by atoms with van der Waals surface area (Å²) in [5.74, 6) is 0.331. The highest BCUT2D eigenvalue weighted by Gasteiger charge is 2.35. The lowest BCUT2D eigenvalue weighted by Crippen LogP contribution is -2.43. The summed E-state index contributed by atoms with van der Waals surface area (Å²) in [5.41, 5.74) is 3.12. The molecule has 0 spiro atoms. The number of amides is 1. The van der Waals surface area contributed by atoms with Gasteiger partial charge in [0.1, 0.15) is 18.9 Å². The predicted molar refractivity (Wildman–Crippen MR) is 121 cm³/mol. The molecule has 1 heterocycles. The van der Waals surface area contributed by atoms with E-state index in [0.717, 1.165) is 17.5 Å². The number of hydrogen-bond acceptors (Lipinski definition) is 4. The van der Waals surface area contributed by atoms with Crippen molar-refractivity contribution in [3.05, 3.63) is 78.4 Å². The molecule has 0 atom stereocenters. The number of aryl methyl sites for hydroxylation is 1. The summed E-state index contributed by atoms with van der Waals surface area (Å²) in [7, 11) is -3.84. The largest absolute Gasteiger partial charge is 0.492 e. The first kappa shape index (κ1) is 20.9. The van der Waals surface area contributed by atoms with Gasteiger partial charge in [0.2, 0.25) is 5.91 Å². The maximum absolute atomic E-state index is 13.3. The highest BCUT2D eigenvalue weighted by Crippen LogP contribution is 2.43. The lowest BCUT2D eigenvalue weighted by Gasteiger charge is -2.32. The van der Waals surface area contributed by atoms with E-state index < -0.39 is 10.0 Å². The summed E-state index contributed by atoms with van der Waals surface area (Å²) in [6, 6.07) is 21.9. The lowest BCUT2D eigenvalue weighted by molar-refractivity contribution is -0.119. The molecular weight excluding hydrogens is 412 g/mol. The summed E-state index contributed by atoms with van der Waals surface area (Å²) in [6.45, 7) is 2.33. The Hall–Kier alpha value is -3.32. The summed E-state index contributed by atoms with van der Waals surface area (Å²) in [6.07, 6.45) is 0.837. The molecule has 1 N–H and O–H groups in total. The molecule has 160 valence electrons. The number of carbonyl (C=O) groups excluding carboxylic acids is 1. The molecular formula is C24H24N2O4S. The minimum atomic E-state index is -3.84. The van der Waals surface area contributed by atoms with E-state index >= 15 is 0 Å². The zero-order chi connectivity index (χ0) is 21.8. The fourth-order valence-corrected chi connectivity index (χ4v) is 5.28. The fourth-order valence-electron chi connectivity index (χ4n) is 3.63. The first-order valence-corrected chi connectivity index (χ1v) is 11.6. The van der Waals surface area contributed by atoms with Gasteiger partial charge in [-0.1, -0.05) is 49.4 Å². The molecule has 1 amide bonds. The zero-order valence-electron chi connectivity index (χ0n) is 17.2. The average molecular weight is 437 g/mol. The minimum Gasteiger partial charge on any atom is -0.492 e. The molecule has 7 heteroatoms. The van der Waals surface area contributed by atoms with E-state index in [1.807, 2.05) is 54.6 Å². The van der Waals surface area contributed by atoms with Crippen molar-refractivity contribution in [1.82, 2.24) is 5.32 Å². The molecule has 0 aliphatic carbocycles. The molecule has 0 saturated carbocycles. The number of para-hydroxylation sites is 1. The summed E-state index contributed by atoms with van der Waals surface area (Å²) in [4.78, 5) is 12.8. The quantitative estimate of drug-likeness (QED) is 0.574. The van der Waals surface area contributed by atoms with Crippen molar-refractivity contribution in [2.24, 2.45) is 0 Å². The molecule has 6 nitrogen and oxygen atoms in total. The Kier molecular flexibility index (Phi) is 5.95. The number of ether oxygens (including phenoxy) is 1. The second-order valence-corrected chi connectivity index (χ2v) is 9.06. The Morgan fingerprint density at radius 3 is 2.48 bits per heavy atom. The van der Waals surface area contributed by atoms with Gasteiger partial charge in [0, 0.05) is 11.1 Å². The van der Waals surface area contributed by atoms with Gasteiger partial charge in [-0.2, -0.15) is 0 Å². The molecule has 0 bridgehead atoms. The van der Waals surface area contributed by atoms with Gasteiger partial charge in [-0.15, -0.1) is 0 Å². The van der Waals surface area contributed by atoms with Crippen LogP contribution in [-0.2, 0) is 21.2 Å². The van der Waals surface area contributed by atoms with Crippen LogP contribution in [0.25, 0.3) is 11.1 Å². The van der Waals surface area contributed by atoms with Crippen LogP contribution in [0, 0.1) is 0 Å². The normalized spacial score (nSPS) is 13.8. The highest BCUT2D eigenvalue weighted by molar-refractivity contribution is 7.93. The summed E-state index contributed by atoms with van der Waals surface area (Å²) >= 11 is 0. The third-order valence-corrected chi connectivity index (χ3v) is 7.02. The van der Waals surface area contributed by atoms with Gasteiger partial charge in [0.05, 0.1) is 17.1 Å². The van der Waals surface area contributed by atoms with Crippen molar-refractivity contribution in [2.45, 2.75) is 18.2 Å². The smallest absolute Gasteiger partial charge is 0.265 e. The molecule has 4 rings (SSSR count). The maximum atomic E-state index is 13.3. The molecule has 3 aromatic carbocycles. The lowest BCUT2D eigenvalue weighted by atomic mass is 9.99. The van der Waals surface area contributed by atoms with Crippen LogP contribution in [0.3, 0.4) is 0 Å². The standard InChI is InChI=1S/C24H24N2O4S/c1-2-18-12-13-22-21(16-18)20-10-6-7-11-23(20)31(28,29)26(22)17-24(27)25-14-15-30-19-8-4-3-5-9-19/h3-13,16H,2,14-15,17H2,1H3,(H,25,27). The molecule has 0 saturated heterocycles. The van der Waals surface area contributed by atoms with Gasteiger partial charge in [0.15, 0.2) is 0 Å². The van der Waals surface area contributed by atoms with Crippen LogP contribution in [0.1, 0.15) is 12.5 Å². The molecule has 0 unspecified atom stereocenters. The Morgan fingerprint density at radius 1 is 0.968 bits per heavy atom. The van der Waals surface area contributed by atoms with Crippen molar-refractivity contribution >= 4 is 21.6 Å². The highest BCUT2D eigenvalue weighted by atomic mass is 32.2. The number of anilines is 1. The van der Waals surface area contributed by atoms with Crippen molar-refractivity contribution < 1.29 is 17.9 Å². The number of hydrogen-bond donors (Lipinski definition) is 1. The van der Waals surface area contributed by atoms with E-state index in [9.17, 15) is 13.2 Å². The average Bonchev–Trinajstić information content (AvgIpc) is 2.80. The molecule has 0 radical (unpaired) electrons. The van der Waals surface area contributed by atoms with E-state index in [1.165, 1.54) is 4.31 Å². The molecule has 0 fully saturated rings. The van der Waals surface area contributed by atoms with Crippen LogP contribution in [0.15, 0.2) is 77.7 Å². The number of sulfonamides is 1. The summed E-state index contributed by atoms with van der Waals surface area (Å²) in [5, 5.41) is 2.75. The van der Waals surface area contributed by atoms with Gasteiger partial charge in [0.25, 0.3) is 10.0 Å². The Bertz CT molecular complexity index is 1190. The van der Waals surface area contributed by atoms with Gasteiger partial charge in [-0.3, -0.25) is 9.10 Å². The first-order valence-electron chi connectivity index (χ1n) is 10.2. The Morgan fingerprint density at radius 2 is 1.71 bits per heavy atom. The molecule has 1 aliphatic heterocycles. The third-order valence-electron chi connectivity index (χ3n) is 5.21. The van der Waals surface area contributed by atoms with Crippen LogP contribution in [0.5, 0.6) is 5.75 Å². The number of carbonyl (C=O) groups is 1. The van der Waals surface area contributed by atoms with Crippen molar-refractivity contribution in [2.75, 3.05) is 24.0 Å². The fraction of sp³-hybridized carbons (Fsp3) is 0.208. The van der Waals surface area contributed by atoms with E-state index in [-0.39, 0.29) is 23.9 Å². The molecule has 1 aliphatic rings. The maximum Gasteiger partial charge on any atom is 0.265 e. The van der Waals surface area contributed by atoms with Crippen LogP contribution in [0.2, 0.25) is 0 Å². The Labute approximate surface area is 182 Å². The number of rotatable bonds is 7. The molecule has 3 aromatic rings. The molecule has 0 aromatic heterocycles. The van der Waals surface area contributed by atoms with Crippen LogP contribution >= 0.6 is 0 Å². The van der Waals surface area contributed by atoms with Crippen molar-refractivity contribution in [1.29, 1.82) is 0 Å². The van der Waals surface area contributed by atoms with Gasteiger partial charge >= 0.3 is 0 Å². The van der Waals surface area contributed by atoms with Gasteiger partial charge < -0.3 is 10.1 Å². The second-order valence-electron chi connectivity index (χ2n) is 7.22. The summed E-state index contributed by atoms with van der Waals surface area (Å²) < 4.78 is 33.3. The van der Waals surface area contributed by atoms with Crippen molar-refractivity contribution in [3.8, 4) is 16.9 Å². The van der Waals surface area contributed by atoms with Gasteiger partial charge in [-0.05, 0) is 42.3 Å². The number of nitrogens with zero attached hydrogens (tertiary/aromatic N) is 1. The Balaban J connectivity index is 1.52. The minimum absolute atomic E-state index is 0.218. The number of nitrogens with one attached hydrogen (secondary N) is 1. The van der Waals surface area contributed by atoms with Crippen molar-refractivity contribution in [3.63, 3.8) is 0 Å². The van der Waals surface area contributed by atoms with Crippen LogP contribution in [0.4, 0.5) is 5.69 Å². The predicted octanol–water partition coefficient (Wildman–Crippen LogP) is 3.62. The van der Waals surface area contributed by atoms with E-state index in [2.05, 4.69) is 12.2 Å². The van der Waals surface area contributed by atoms with E-state index in [0.29, 0.717) is 23.6 Å². The van der Waals surface area contributed by atoms with E-state index in [4.69, 9.17) is 4.74 Å². The first-order chi connectivity index (χ1) is 15.0. The second kappa shape index (κ2) is 8.81. The topological polar surface area (TPSA) is 75.7 Å². The van der Waals surface area contributed by atoms with Crippen LogP contribution in [-0.4, -0.2) is 34.0 Å². The third kappa shape index (κ3) is 4.27. The van der Waals surface area contributed by atoms with Gasteiger partial charge in [-0.25, -0.2) is 8.42 Å². The monoisotopic (exact) mass is 436 g/mol. The number of benzene rings is 3. The zero-order valence-corrected chi connectivity index (χ0v) is 18.1. The number of fused-ring (bicyclic) bond motifs is 3. The molecule has 31 heavy (non-hydrogen) atoms. The van der Waals surface area contributed by atoms with E-state index in [1.54, 1.807) is 18.2 Å². The SMILES string of the molecule is CCc1ccc2c(c1)-c1ccccc1S(=O)(=O)N2CC(=O)NCCOc1ccccc1. The van der Waals surface area contributed by atoms with Crippen LogP contribution < -0.4 is 14.4 Å².